The quantitative estimate of drug-likeness (QED) is 0.546. The molecule has 0 saturated carbocycles. The number of rotatable bonds is 1. The van der Waals surface area contributed by atoms with Crippen LogP contribution in [0.25, 0.3) is 6.08 Å². The van der Waals surface area contributed by atoms with Crippen molar-refractivity contribution < 1.29 is 0 Å². The van der Waals surface area contributed by atoms with Crippen LogP contribution >= 0.6 is 0 Å². The summed E-state index contributed by atoms with van der Waals surface area (Å²) in [6.07, 6.45) is 1.87. The van der Waals surface area contributed by atoms with Gasteiger partial charge in [-0.25, -0.2) is 0 Å². The summed E-state index contributed by atoms with van der Waals surface area (Å²) in [7, 11) is 5.82. The van der Waals surface area contributed by atoms with Gasteiger partial charge in [-0.3, -0.25) is 0 Å². The lowest BCUT2D eigenvalue weighted by molar-refractivity contribution is 1.30. The molecule has 0 atom stereocenters. The first kappa shape index (κ1) is 9.12. The lowest BCUT2D eigenvalue weighted by Crippen LogP contribution is -2.11. The van der Waals surface area contributed by atoms with Gasteiger partial charge in [0.1, 0.15) is 7.85 Å². The molecule has 0 aliphatic rings. The fourth-order valence-electron chi connectivity index (χ4n) is 1.41. The zero-order valence-corrected chi connectivity index (χ0v) is 7.94. The molecule has 12 heavy (non-hydrogen) atoms. The standard InChI is InChI=1S/C11H13B/c1-5-10-8(3)7(2)6-11(12)9(10)4/h5-6H,1H2,2-4H3. The van der Waals surface area contributed by atoms with E-state index in [2.05, 4.69) is 20.4 Å². The summed E-state index contributed by atoms with van der Waals surface area (Å²) in [5.41, 5.74) is 5.67. The van der Waals surface area contributed by atoms with E-state index in [4.69, 9.17) is 7.85 Å². The summed E-state index contributed by atoms with van der Waals surface area (Å²) in [5.74, 6) is 0. The normalized spacial score (nSPS) is 9.92. The van der Waals surface area contributed by atoms with Crippen LogP contribution in [0.4, 0.5) is 0 Å². The first-order valence-electron chi connectivity index (χ1n) is 4.06. The lowest BCUT2D eigenvalue weighted by Gasteiger charge is -2.11. The minimum absolute atomic E-state index is 0.855. The predicted molar refractivity (Wildman–Crippen MR) is 56.1 cm³/mol. The highest BCUT2D eigenvalue weighted by Crippen LogP contribution is 2.16. The Balaban J connectivity index is 3.52. The van der Waals surface area contributed by atoms with Crippen molar-refractivity contribution in [2.45, 2.75) is 20.8 Å². The van der Waals surface area contributed by atoms with Gasteiger partial charge in [0.2, 0.25) is 0 Å². The molecule has 0 aliphatic heterocycles. The van der Waals surface area contributed by atoms with Crippen molar-refractivity contribution in [3.05, 3.63) is 34.9 Å². The van der Waals surface area contributed by atoms with Gasteiger partial charge in [-0.05, 0) is 37.5 Å². The first-order valence-corrected chi connectivity index (χ1v) is 4.06. The third-order valence-electron chi connectivity index (χ3n) is 2.41. The zero-order valence-electron chi connectivity index (χ0n) is 7.94. The largest absolute Gasteiger partial charge is 0.114 e. The lowest BCUT2D eigenvalue weighted by atomic mass is 9.84. The number of hydrogen-bond acceptors (Lipinski definition) is 0. The second-order valence-corrected chi connectivity index (χ2v) is 3.15. The summed E-state index contributed by atoms with van der Waals surface area (Å²) in [6.45, 7) is 9.97. The summed E-state index contributed by atoms with van der Waals surface area (Å²) in [4.78, 5) is 0. The van der Waals surface area contributed by atoms with Crippen LogP contribution in [0, 0.1) is 20.8 Å². The van der Waals surface area contributed by atoms with E-state index in [1.165, 1.54) is 16.7 Å². The second kappa shape index (κ2) is 3.18. The summed E-state index contributed by atoms with van der Waals surface area (Å²) >= 11 is 0. The van der Waals surface area contributed by atoms with Crippen molar-refractivity contribution in [3.8, 4) is 0 Å². The number of hydrogen-bond donors (Lipinski definition) is 0. The van der Waals surface area contributed by atoms with Crippen molar-refractivity contribution in [1.29, 1.82) is 0 Å². The van der Waals surface area contributed by atoms with Gasteiger partial charge in [0.05, 0.1) is 0 Å². The molecule has 0 fully saturated rings. The molecule has 1 aromatic rings. The van der Waals surface area contributed by atoms with Crippen LogP contribution in [-0.4, -0.2) is 7.85 Å². The van der Waals surface area contributed by atoms with Crippen LogP contribution in [-0.2, 0) is 0 Å². The maximum atomic E-state index is 5.82. The van der Waals surface area contributed by atoms with Crippen LogP contribution in [0.1, 0.15) is 22.3 Å². The van der Waals surface area contributed by atoms with E-state index in [9.17, 15) is 0 Å². The van der Waals surface area contributed by atoms with Gasteiger partial charge in [0.25, 0.3) is 0 Å². The Morgan fingerprint density at radius 1 is 1.25 bits per heavy atom. The van der Waals surface area contributed by atoms with E-state index in [0.29, 0.717) is 0 Å². The van der Waals surface area contributed by atoms with Gasteiger partial charge in [-0.1, -0.05) is 29.7 Å². The van der Waals surface area contributed by atoms with E-state index < -0.39 is 0 Å². The number of benzene rings is 1. The van der Waals surface area contributed by atoms with Gasteiger partial charge in [-0.15, -0.1) is 0 Å². The Bertz CT molecular complexity index is 298. The van der Waals surface area contributed by atoms with E-state index >= 15 is 0 Å². The van der Waals surface area contributed by atoms with Gasteiger partial charge in [0, 0.05) is 0 Å². The summed E-state index contributed by atoms with van der Waals surface area (Å²) in [5, 5.41) is 0. The van der Waals surface area contributed by atoms with E-state index in [-0.39, 0.29) is 0 Å². The van der Waals surface area contributed by atoms with E-state index in [1.54, 1.807) is 0 Å². The Kier molecular flexibility index (Phi) is 2.42. The Labute approximate surface area is 75.7 Å². The van der Waals surface area contributed by atoms with Crippen LogP contribution in [0.3, 0.4) is 0 Å². The molecular weight excluding hydrogens is 143 g/mol. The topological polar surface area (TPSA) is 0 Å². The van der Waals surface area contributed by atoms with E-state index in [1.807, 2.05) is 19.1 Å². The Morgan fingerprint density at radius 2 is 1.83 bits per heavy atom. The van der Waals surface area contributed by atoms with Crippen molar-refractivity contribution in [2.75, 3.05) is 0 Å². The average molecular weight is 156 g/mol. The molecule has 0 nitrogen and oxygen atoms in total. The molecule has 1 aromatic carbocycles. The first-order chi connectivity index (χ1) is 5.57. The molecular formula is C11H13B. The molecule has 0 bridgehead atoms. The smallest absolute Gasteiger partial charge is 0.0985 e. The van der Waals surface area contributed by atoms with Gasteiger partial charge < -0.3 is 0 Å². The Morgan fingerprint density at radius 3 is 2.33 bits per heavy atom. The van der Waals surface area contributed by atoms with Crippen molar-refractivity contribution in [3.63, 3.8) is 0 Å². The van der Waals surface area contributed by atoms with Gasteiger partial charge in [-0.2, -0.15) is 0 Å². The van der Waals surface area contributed by atoms with Crippen LogP contribution in [0.2, 0.25) is 0 Å². The maximum absolute atomic E-state index is 5.82. The minimum atomic E-state index is 0.855. The van der Waals surface area contributed by atoms with Crippen LogP contribution in [0.15, 0.2) is 12.6 Å². The summed E-state index contributed by atoms with van der Waals surface area (Å²) < 4.78 is 0. The average Bonchev–Trinajstić information content (AvgIpc) is 2.02. The second-order valence-electron chi connectivity index (χ2n) is 3.15. The molecule has 0 aromatic heterocycles. The van der Waals surface area contributed by atoms with Crippen molar-refractivity contribution in [1.82, 2.24) is 0 Å². The monoisotopic (exact) mass is 156 g/mol. The highest BCUT2D eigenvalue weighted by molar-refractivity contribution is 6.33. The maximum Gasteiger partial charge on any atom is 0.114 e. The van der Waals surface area contributed by atoms with Crippen molar-refractivity contribution >= 4 is 19.4 Å². The number of aryl methyl sites for hydroxylation is 1. The highest BCUT2D eigenvalue weighted by atomic mass is 14.1. The molecule has 0 aliphatic carbocycles. The molecule has 0 saturated heterocycles. The molecule has 0 N–H and O–H groups in total. The van der Waals surface area contributed by atoms with Gasteiger partial charge in [0.15, 0.2) is 0 Å². The SMILES string of the molecule is [B]c1cc(C)c(C)c(C=C)c1C. The van der Waals surface area contributed by atoms with E-state index in [0.717, 1.165) is 11.0 Å². The molecule has 2 radical (unpaired) electrons. The molecule has 1 rings (SSSR count). The fraction of sp³-hybridized carbons (Fsp3) is 0.273. The fourth-order valence-corrected chi connectivity index (χ4v) is 1.41. The minimum Gasteiger partial charge on any atom is -0.0985 e. The van der Waals surface area contributed by atoms with Crippen molar-refractivity contribution in [2.24, 2.45) is 0 Å². The molecule has 0 amide bonds. The zero-order chi connectivity index (χ0) is 9.30. The van der Waals surface area contributed by atoms with Crippen LogP contribution in [0.5, 0.6) is 0 Å². The molecule has 0 spiro atoms. The third-order valence-corrected chi connectivity index (χ3v) is 2.41. The Hall–Kier alpha value is -0.975. The molecule has 0 unspecified atom stereocenters. The third kappa shape index (κ3) is 1.31. The molecule has 1 heteroatoms. The highest BCUT2D eigenvalue weighted by Gasteiger charge is 2.03. The molecule has 0 heterocycles. The predicted octanol–water partition coefficient (Wildman–Crippen LogP) is 2.05. The van der Waals surface area contributed by atoms with Crippen LogP contribution < -0.4 is 5.46 Å². The summed E-state index contributed by atoms with van der Waals surface area (Å²) in [6, 6.07) is 2.01. The molecule has 60 valence electrons. The van der Waals surface area contributed by atoms with Gasteiger partial charge >= 0.3 is 0 Å².